The summed E-state index contributed by atoms with van der Waals surface area (Å²) < 4.78 is 2.21. The molecule has 3 rings (SSSR count). The summed E-state index contributed by atoms with van der Waals surface area (Å²) in [5, 5.41) is 6.74. The number of nitrogens with one attached hydrogen (secondary N) is 2. The summed E-state index contributed by atoms with van der Waals surface area (Å²) in [6.45, 7) is 2.93. The molecule has 0 unspecified atom stereocenters. The minimum Gasteiger partial charge on any atom is -0.356 e. The number of aliphatic imine (C=N–C) groups is 1. The van der Waals surface area contributed by atoms with Crippen LogP contribution in [0.1, 0.15) is 19.3 Å². The van der Waals surface area contributed by atoms with Gasteiger partial charge < -0.3 is 15.2 Å². The molecule has 5 heteroatoms. The van der Waals surface area contributed by atoms with Crippen molar-refractivity contribution >= 4 is 17.0 Å². The Balaban J connectivity index is 1.42. The molecule has 1 aliphatic carbocycles. The van der Waals surface area contributed by atoms with Crippen molar-refractivity contribution in [3.8, 4) is 0 Å². The summed E-state index contributed by atoms with van der Waals surface area (Å²) in [4.78, 5) is 8.66. The first-order valence-electron chi connectivity index (χ1n) is 7.71. The molecule has 112 valence electrons. The molecular weight excluding hydrogens is 262 g/mol. The second-order valence-electron chi connectivity index (χ2n) is 5.60. The van der Waals surface area contributed by atoms with Gasteiger partial charge in [0.15, 0.2) is 5.96 Å². The van der Waals surface area contributed by atoms with Crippen molar-refractivity contribution in [1.29, 1.82) is 0 Å². The number of fused-ring (bicyclic) bond motifs is 1. The van der Waals surface area contributed by atoms with Gasteiger partial charge in [0.1, 0.15) is 0 Å². The van der Waals surface area contributed by atoms with Crippen molar-refractivity contribution in [3.05, 3.63) is 30.6 Å². The quantitative estimate of drug-likeness (QED) is 0.485. The number of benzene rings is 1. The van der Waals surface area contributed by atoms with Crippen LogP contribution in [0.5, 0.6) is 0 Å². The highest BCUT2D eigenvalue weighted by Crippen LogP contribution is 2.27. The molecule has 1 fully saturated rings. The standard InChI is InChI=1S/C16H23N5/c1-17-16(19-11-13-7-8-13)18-9-4-10-21-12-20-14-5-2-3-6-15(14)21/h2-3,5-6,12-13H,4,7-11H2,1H3,(H2,17,18,19). The number of aryl methyl sites for hydroxylation is 1. The van der Waals surface area contributed by atoms with Gasteiger partial charge in [-0.2, -0.15) is 0 Å². The van der Waals surface area contributed by atoms with E-state index in [1.165, 1.54) is 18.4 Å². The van der Waals surface area contributed by atoms with Gasteiger partial charge in [-0.05, 0) is 37.3 Å². The van der Waals surface area contributed by atoms with E-state index in [4.69, 9.17) is 0 Å². The Morgan fingerprint density at radius 1 is 1.33 bits per heavy atom. The van der Waals surface area contributed by atoms with Gasteiger partial charge in [-0.25, -0.2) is 4.98 Å². The maximum atomic E-state index is 4.41. The van der Waals surface area contributed by atoms with Crippen molar-refractivity contribution < 1.29 is 0 Å². The van der Waals surface area contributed by atoms with Crippen LogP contribution in [-0.2, 0) is 6.54 Å². The van der Waals surface area contributed by atoms with Crippen LogP contribution in [0, 0.1) is 5.92 Å². The van der Waals surface area contributed by atoms with Crippen LogP contribution in [0.2, 0.25) is 0 Å². The molecule has 0 aliphatic heterocycles. The van der Waals surface area contributed by atoms with Gasteiger partial charge in [0.2, 0.25) is 0 Å². The van der Waals surface area contributed by atoms with Crippen LogP contribution < -0.4 is 10.6 Å². The lowest BCUT2D eigenvalue weighted by atomic mass is 10.3. The second-order valence-corrected chi connectivity index (χ2v) is 5.60. The molecule has 0 amide bonds. The van der Waals surface area contributed by atoms with E-state index in [0.717, 1.165) is 43.4 Å². The Morgan fingerprint density at radius 3 is 3.00 bits per heavy atom. The first-order chi connectivity index (χ1) is 10.4. The van der Waals surface area contributed by atoms with E-state index in [2.05, 4.69) is 37.3 Å². The van der Waals surface area contributed by atoms with Gasteiger partial charge >= 0.3 is 0 Å². The number of hydrogen-bond donors (Lipinski definition) is 2. The predicted octanol–water partition coefficient (Wildman–Crippen LogP) is 2.00. The van der Waals surface area contributed by atoms with Crippen molar-refractivity contribution in [2.24, 2.45) is 10.9 Å². The number of para-hydroxylation sites is 2. The number of hydrogen-bond acceptors (Lipinski definition) is 2. The smallest absolute Gasteiger partial charge is 0.190 e. The SMILES string of the molecule is CN=C(NCCCn1cnc2ccccc21)NCC1CC1. The molecular formula is C16H23N5. The van der Waals surface area contributed by atoms with Crippen LogP contribution in [-0.4, -0.2) is 35.6 Å². The highest BCUT2D eigenvalue weighted by atomic mass is 15.2. The molecule has 5 nitrogen and oxygen atoms in total. The van der Waals surface area contributed by atoms with Crippen LogP contribution in [0.4, 0.5) is 0 Å². The maximum absolute atomic E-state index is 4.41. The lowest BCUT2D eigenvalue weighted by molar-refractivity contribution is 0.634. The second kappa shape index (κ2) is 6.61. The Hall–Kier alpha value is -2.04. The molecule has 0 radical (unpaired) electrons. The third-order valence-corrected chi connectivity index (χ3v) is 3.87. The molecule has 21 heavy (non-hydrogen) atoms. The first kappa shape index (κ1) is 13.9. The number of guanidine groups is 1. The highest BCUT2D eigenvalue weighted by Gasteiger charge is 2.20. The van der Waals surface area contributed by atoms with Crippen LogP contribution in [0.15, 0.2) is 35.6 Å². The average molecular weight is 285 g/mol. The summed E-state index contributed by atoms with van der Waals surface area (Å²) in [6, 6.07) is 8.25. The monoisotopic (exact) mass is 285 g/mol. The summed E-state index contributed by atoms with van der Waals surface area (Å²) >= 11 is 0. The summed E-state index contributed by atoms with van der Waals surface area (Å²) in [5.41, 5.74) is 2.26. The molecule has 2 N–H and O–H groups in total. The number of imidazole rings is 1. The first-order valence-corrected chi connectivity index (χ1v) is 7.71. The Kier molecular flexibility index (Phi) is 4.38. The molecule has 0 saturated heterocycles. The lowest BCUT2D eigenvalue weighted by Crippen LogP contribution is -2.38. The van der Waals surface area contributed by atoms with E-state index in [1.807, 2.05) is 25.5 Å². The maximum Gasteiger partial charge on any atom is 0.190 e. The minimum atomic E-state index is 0.862. The van der Waals surface area contributed by atoms with Crippen molar-refractivity contribution in [3.63, 3.8) is 0 Å². The molecule has 0 spiro atoms. The Bertz CT molecular complexity index is 612. The van der Waals surface area contributed by atoms with Gasteiger partial charge in [0, 0.05) is 26.7 Å². The zero-order valence-corrected chi connectivity index (χ0v) is 12.5. The van der Waals surface area contributed by atoms with E-state index < -0.39 is 0 Å². The third kappa shape index (κ3) is 3.74. The molecule has 1 aliphatic rings. The van der Waals surface area contributed by atoms with Gasteiger partial charge in [-0.1, -0.05) is 12.1 Å². The molecule has 0 atom stereocenters. The topological polar surface area (TPSA) is 54.2 Å². The van der Waals surface area contributed by atoms with Gasteiger partial charge in [-0.3, -0.25) is 4.99 Å². The summed E-state index contributed by atoms with van der Waals surface area (Å²) in [7, 11) is 1.83. The van der Waals surface area contributed by atoms with Crippen LogP contribution >= 0.6 is 0 Å². The Morgan fingerprint density at radius 2 is 2.19 bits per heavy atom. The van der Waals surface area contributed by atoms with Crippen molar-refractivity contribution in [2.75, 3.05) is 20.1 Å². The normalized spacial score (nSPS) is 15.4. The molecule has 1 heterocycles. The van der Waals surface area contributed by atoms with E-state index in [-0.39, 0.29) is 0 Å². The molecule has 1 saturated carbocycles. The van der Waals surface area contributed by atoms with Gasteiger partial charge in [0.05, 0.1) is 17.4 Å². The largest absolute Gasteiger partial charge is 0.356 e. The predicted molar refractivity (Wildman–Crippen MR) is 86.4 cm³/mol. The zero-order valence-electron chi connectivity index (χ0n) is 12.5. The molecule has 1 aromatic carbocycles. The lowest BCUT2D eigenvalue weighted by Gasteiger charge is -2.11. The summed E-state index contributed by atoms with van der Waals surface area (Å²) in [6.07, 6.45) is 5.69. The van der Waals surface area contributed by atoms with Crippen molar-refractivity contribution in [1.82, 2.24) is 20.2 Å². The fraction of sp³-hybridized carbons (Fsp3) is 0.500. The fourth-order valence-electron chi connectivity index (χ4n) is 2.43. The van der Waals surface area contributed by atoms with E-state index >= 15 is 0 Å². The van der Waals surface area contributed by atoms with Gasteiger partial charge in [0.25, 0.3) is 0 Å². The minimum absolute atomic E-state index is 0.862. The highest BCUT2D eigenvalue weighted by molar-refractivity contribution is 5.79. The van der Waals surface area contributed by atoms with E-state index in [1.54, 1.807) is 0 Å². The van der Waals surface area contributed by atoms with Gasteiger partial charge in [-0.15, -0.1) is 0 Å². The average Bonchev–Trinajstić information content (AvgIpc) is 3.26. The zero-order chi connectivity index (χ0) is 14.5. The summed E-state index contributed by atoms with van der Waals surface area (Å²) in [5.74, 6) is 1.78. The third-order valence-electron chi connectivity index (χ3n) is 3.87. The van der Waals surface area contributed by atoms with Crippen molar-refractivity contribution in [2.45, 2.75) is 25.8 Å². The van der Waals surface area contributed by atoms with E-state index in [9.17, 15) is 0 Å². The van der Waals surface area contributed by atoms with E-state index in [0.29, 0.717) is 0 Å². The van der Waals surface area contributed by atoms with Crippen LogP contribution in [0.25, 0.3) is 11.0 Å². The van der Waals surface area contributed by atoms with Crippen LogP contribution in [0.3, 0.4) is 0 Å². The molecule has 2 aromatic rings. The molecule has 0 bridgehead atoms. The number of rotatable bonds is 6. The number of aromatic nitrogens is 2. The molecule has 1 aromatic heterocycles. The Labute approximate surface area is 125 Å². The number of nitrogens with zero attached hydrogens (tertiary/aromatic N) is 3. The fourth-order valence-corrected chi connectivity index (χ4v) is 2.43.